The molecule has 0 aliphatic heterocycles. The monoisotopic (exact) mass is 181 g/mol. The van der Waals surface area contributed by atoms with E-state index < -0.39 is 0 Å². The number of hydrogen-bond acceptors (Lipinski definition) is 2. The van der Waals surface area contributed by atoms with Gasteiger partial charge in [-0.2, -0.15) is 0 Å². The van der Waals surface area contributed by atoms with Crippen LogP contribution in [-0.4, -0.2) is 17.9 Å². The molecule has 0 aromatic rings. The SMILES string of the molecule is C[C@@H]1C(NCO)CC=C2CCCC21. The summed E-state index contributed by atoms with van der Waals surface area (Å²) in [6.07, 6.45) is 7.54. The van der Waals surface area contributed by atoms with Crippen molar-refractivity contribution in [1.29, 1.82) is 0 Å². The maximum atomic E-state index is 8.84. The number of fused-ring (bicyclic) bond motifs is 1. The quantitative estimate of drug-likeness (QED) is 0.501. The third kappa shape index (κ3) is 1.65. The van der Waals surface area contributed by atoms with Gasteiger partial charge in [-0.15, -0.1) is 0 Å². The highest BCUT2D eigenvalue weighted by molar-refractivity contribution is 5.17. The van der Waals surface area contributed by atoms with Gasteiger partial charge in [0, 0.05) is 6.04 Å². The van der Waals surface area contributed by atoms with Gasteiger partial charge in [-0.1, -0.05) is 18.6 Å². The molecular formula is C11H19NO. The Morgan fingerprint density at radius 3 is 3.23 bits per heavy atom. The summed E-state index contributed by atoms with van der Waals surface area (Å²) >= 11 is 0. The van der Waals surface area contributed by atoms with Crippen LogP contribution in [-0.2, 0) is 0 Å². The molecule has 0 spiro atoms. The lowest BCUT2D eigenvalue weighted by atomic mass is 9.78. The molecule has 3 atom stereocenters. The second-order valence-corrected chi connectivity index (χ2v) is 4.34. The van der Waals surface area contributed by atoms with Gasteiger partial charge in [0.15, 0.2) is 0 Å². The summed E-state index contributed by atoms with van der Waals surface area (Å²) in [4.78, 5) is 0. The van der Waals surface area contributed by atoms with Crippen LogP contribution in [0.25, 0.3) is 0 Å². The Balaban J connectivity index is 2.06. The molecule has 1 saturated carbocycles. The van der Waals surface area contributed by atoms with Crippen LogP contribution in [0.5, 0.6) is 0 Å². The first-order valence-electron chi connectivity index (χ1n) is 5.36. The number of aliphatic hydroxyl groups is 1. The molecule has 2 heteroatoms. The topological polar surface area (TPSA) is 32.3 Å². The lowest BCUT2D eigenvalue weighted by Crippen LogP contribution is -2.40. The molecule has 74 valence electrons. The van der Waals surface area contributed by atoms with Crippen molar-refractivity contribution in [3.63, 3.8) is 0 Å². The maximum Gasteiger partial charge on any atom is 0.0933 e. The van der Waals surface area contributed by atoms with Crippen molar-refractivity contribution < 1.29 is 5.11 Å². The molecule has 13 heavy (non-hydrogen) atoms. The normalized spacial score (nSPS) is 38.6. The fourth-order valence-electron chi connectivity index (χ4n) is 2.91. The van der Waals surface area contributed by atoms with Crippen LogP contribution in [0.4, 0.5) is 0 Å². The van der Waals surface area contributed by atoms with E-state index in [-0.39, 0.29) is 6.73 Å². The largest absolute Gasteiger partial charge is 0.381 e. The van der Waals surface area contributed by atoms with Gasteiger partial charge < -0.3 is 5.11 Å². The Morgan fingerprint density at radius 2 is 2.46 bits per heavy atom. The minimum absolute atomic E-state index is 0.116. The number of aliphatic hydroxyl groups excluding tert-OH is 1. The van der Waals surface area contributed by atoms with Crippen LogP contribution in [0.3, 0.4) is 0 Å². The Labute approximate surface area is 80.0 Å². The first-order valence-corrected chi connectivity index (χ1v) is 5.36. The summed E-state index contributed by atoms with van der Waals surface area (Å²) < 4.78 is 0. The molecule has 2 aliphatic carbocycles. The van der Waals surface area contributed by atoms with Gasteiger partial charge in [-0.3, -0.25) is 5.32 Å². The molecule has 2 unspecified atom stereocenters. The van der Waals surface area contributed by atoms with Crippen molar-refractivity contribution in [2.75, 3.05) is 6.73 Å². The van der Waals surface area contributed by atoms with E-state index in [2.05, 4.69) is 18.3 Å². The third-order valence-electron chi connectivity index (χ3n) is 3.71. The van der Waals surface area contributed by atoms with E-state index in [1.165, 1.54) is 19.3 Å². The van der Waals surface area contributed by atoms with Crippen molar-refractivity contribution in [2.45, 2.75) is 38.6 Å². The fraction of sp³-hybridized carbons (Fsp3) is 0.818. The molecule has 2 aliphatic rings. The average molecular weight is 181 g/mol. The highest BCUT2D eigenvalue weighted by atomic mass is 16.3. The van der Waals surface area contributed by atoms with Crippen LogP contribution < -0.4 is 5.32 Å². The van der Waals surface area contributed by atoms with E-state index in [9.17, 15) is 0 Å². The average Bonchev–Trinajstić information content (AvgIpc) is 2.58. The summed E-state index contributed by atoms with van der Waals surface area (Å²) in [5.74, 6) is 1.51. The van der Waals surface area contributed by atoms with Crippen molar-refractivity contribution in [2.24, 2.45) is 11.8 Å². The van der Waals surface area contributed by atoms with Gasteiger partial charge in [-0.25, -0.2) is 0 Å². The molecule has 2 N–H and O–H groups in total. The summed E-state index contributed by atoms with van der Waals surface area (Å²) in [7, 11) is 0. The molecule has 0 aromatic carbocycles. The molecule has 0 amide bonds. The lowest BCUT2D eigenvalue weighted by molar-refractivity contribution is 0.196. The Morgan fingerprint density at radius 1 is 1.62 bits per heavy atom. The maximum absolute atomic E-state index is 8.84. The first-order chi connectivity index (χ1) is 6.33. The van der Waals surface area contributed by atoms with Gasteiger partial charge in [-0.05, 0) is 37.5 Å². The molecule has 0 radical (unpaired) electrons. The molecule has 2 rings (SSSR count). The molecule has 0 heterocycles. The van der Waals surface area contributed by atoms with E-state index in [1.807, 2.05) is 0 Å². The van der Waals surface area contributed by atoms with Crippen LogP contribution in [0.1, 0.15) is 32.6 Å². The lowest BCUT2D eigenvalue weighted by Gasteiger charge is -2.33. The Hall–Kier alpha value is -0.340. The predicted octanol–water partition coefficient (Wildman–Crippen LogP) is 1.66. The van der Waals surface area contributed by atoms with Gasteiger partial charge in [0.2, 0.25) is 0 Å². The van der Waals surface area contributed by atoms with E-state index in [0.717, 1.165) is 12.3 Å². The number of allylic oxidation sites excluding steroid dienone is 1. The Kier molecular flexibility index (Phi) is 2.70. The molecule has 0 saturated heterocycles. The van der Waals surface area contributed by atoms with Gasteiger partial charge in [0.25, 0.3) is 0 Å². The van der Waals surface area contributed by atoms with E-state index in [1.54, 1.807) is 5.57 Å². The second-order valence-electron chi connectivity index (χ2n) is 4.34. The van der Waals surface area contributed by atoms with Crippen LogP contribution in [0.15, 0.2) is 11.6 Å². The molecule has 2 nitrogen and oxygen atoms in total. The zero-order chi connectivity index (χ0) is 9.26. The van der Waals surface area contributed by atoms with Crippen LogP contribution in [0, 0.1) is 11.8 Å². The minimum Gasteiger partial charge on any atom is -0.381 e. The van der Waals surface area contributed by atoms with Gasteiger partial charge in [0.05, 0.1) is 6.73 Å². The fourth-order valence-corrected chi connectivity index (χ4v) is 2.91. The molecule has 0 aromatic heterocycles. The van der Waals surface area contributed by atoms with Crippen molar-refractivity contribution in [3.05, 3.63) is 11.6 Å². The standard InChI is InChI=1S/C11H19NO/c1-8-10-4-2-3-9(10)5-6-11(8)12-7-13/h5,8,10-13H,2-4,6-7H2,1H3/t8-,10?,11?/m0/s1. The molecule has 0 bridgehead atoms. The van der Waals surface area contributed by atoms with Crippen molar-refractivity contribution in [3.8, 4) is 0 Å². The molecular weight excluding hydrogens is 162 g/mol. The number of nitrogens with one attached hydrogen (secondary N) is 1. The zero-order valence-electron chi connectivity index (χ0n) is 8.29. The van der Waals surface area contributed by atoms with Crippen molar-refractivity contribution >= 4 is 0 Å². The van der Waals surface area contributed by atoms with Gasteiger partial charge >= 0.3 is 0 Å². The Bertz CT molecular complexity index is 212. The molecule has 1 fully saturated rings. The highest BCUT2D eigenvalue weighted by Gasteiger charge is 2.33. The van der Waals surface area contributed by atoms with Crippen LogP contribution >= 0.6 is 0 Å². The summed E-state index contributed by atoms with van der Waals surface area (Å²) in [6.45, 7) is 2.43. The number of rotatable bonds is 2. The second kappa shape index (κ2) is 3.81. The predicted molar refractivity (Wildman–Crippen MR) is 53.2 cm³/mol. The summed E-state index contributed by atoms with van der Waals surface area (Å²) in [6, 6.07) is 0.497. The summed E-state index contributed by atoms with van der Waals surface area (Å²) in [5, 5.41) is 12.0. The minimum atomic E-state index is 0.116. The van der Waals surface area contributed by atoms with E-state index in [4.69, 9.17) is 5.11 Å². The summed E-state index contributed by atoms with van der Waals surface area (Å²) in [5.41, 5.74) is 1.68. The third-order valence-corrected chi connectivity index (χ3v) is 3.71. The van der Waals surface area contributed by atoms with Crippen molar-refractivity contribution in [1.82, 2.24) is 5.32 Å². The smallest absolute Gasteiger partial charge is 0.0933 e. The number of hydrogen-bond donors (Lipinski definition) is 2. The van der Waals surface area contributed by atoms with E-state index in [0.29, 0.717) is 12.0 Å². The zero-order valence-corrected chi connectivity index (χ0v) is 8.29. The highest BCUT2D eigenvalue weighted by Crippen LogP contribution is 2.41. The van der Waals surface area contributed by atoms with Crippen LogP contribution in [0.2, 0.25) is 0 Å². The first kappa shape index (κ1) is 9.22. The van der Waals surface area contributed by atoms with Gasteiger partial charge in [0.1, 0.15) is 0 Å². The van der Waals surface area contributed by atoms with E-state index >= 15 is 0 Å².